The predicted molar refractivity (Wildman–Crippen MR) is 62.8 cm³/mol. The molecule has 2 rings (SSSR count). The monoisotopic (exact) mass is 209 g/mol. The van der Waals surface area contributed by atoms with Gasteiger partial charge in [0, 0.05) is 16.8 Å². The average molecular weight is 209 g/mol. The zero-order valence-corrected chi connectivity index (χ0v) is 9.07. The first-order valence-electron chi connectivity index (χ1n) is 4.34. The number of hydrogen-bond donors (Lipinski definition) is 0. The second kappa shape index (κ2) is 3.68. The van der Waals surface area contributed by atoms with E-state index in [1.807, 2.05) is 17.1 Å². The quantitative estimate of drug-likeness (QED) is 0.689. The average Bonchev–Trinajstić information content (AvgIpc) is 2.55. The summed E-state index contributed by atoms with van der Waals surface area (Å²) in [4.78, 5) is 3.67. The van der Waals surface area contributed by atoms with Crippen LogP contribution < -0.4 is 4.90 Å². The van der Waals surface area contributed by atoms with Crippen molar-refractivity contribution >= 4 is 35.0 Å². The zero-order valence-electron chi connectivity index (χ0n) is 7.43. The van der Waals surface area contributed by atoms with Crippen LogP contribution in [0.1, 0.15) is 6.92 Å². The van der Waals surface area contributed by atoms with Crippen LogP contribution in [0.4, 0.5) is 5.69 Å². The van der Waals surface area contributed by atoms with Crippen molar-refractivity contribution in [1.82, 2.24) is 0 Å². The maximum atomic E-state index is 5.01. The lowest BCUT2D eigenvalue weighted by Crippen LogP contribution is -2.29. The number of nitrogens with zero attached hydrogens (tertiary/aromatic N) is 1. The van der Waals surface area contributed by atoms with Gasteiger partial charge >= 0.3 is 0 Å². The van der Waals surface area contributed by atoms with Gasteiger partial charge in [-0.15, -0.1) is 0 Å². The summed E-state index contributed by atoms with van der Waals surface area (Å²) >= 11 is 6.85. The van der Waals surface area contributed by atoms with Gasteiger partial charge in [-0.25, -0.2) is 0 Å². The third-order valence-electron chi connectivity index (χ3n) is 2.19. The summed E-state index contributed by atoms with van der Waals surface area (Å²) in [5, 5.41) is 2.19. The van der Waals surface area contributed by atoms with Crippen LogP contribution in [0.3, 0.4) is 0 Å². The first kappa shape index (κ1) is 9.03. The van der Waals surface area contributed by atoms with Gasteiger partial charge in [-0.2, -0.15) is 0 Å². The number of benzene rings is 1. The Labute approximate surface area is 88.1 Å². The third kappa shape index (κ3) is 1.46. The van der Waals surface area contributed by atoms with E-state index in [1.54, 1.807) is 0 Å². The van der Waals surface area contributed by atoms with E-state index < -0.39 is 0 Å². The number of thioether (sulfide) groups is 1. The van der Waals surface area contributed by atoms with Gasteiger partial charge in [-0.05, 0) is 19.1 Å². The third-order valence-corrected chi connectivity index (χ3v) is 3.85. The maximum Gasteiger partial charge on any atom is 0.108 e. The zero-order chi connectivity index (χ0) is 9.26. The highest BCUT2D eigenvalue weighted by molar-refractivity contribution is 8.02. The molecule has 1 nitrogen and oxygen atoms in total. The van der Waals surface area contributed by atoms with Gasteiger partial charge < -0.3 is 4.90 Å². The number of anilines is 1. The minimum Gasteiger partial charge on any atom is -0.354 e. The molecule has 1 aliphatic rings. The molecular weight excluding hydrogens is 198 g/mol. The van der Waals surface area contributed by atoms with E-state index >= 15 is 0 Å². The van der Waals surface area contributed by atoms with Crippen molar-refractivity contribution in [3.8, 4) is 0 Å². The lowest BCUT2D eigenvalue weighted by molar-refractivity contribution is 0.910. The molecule has 0 N–H and O–H groups in total. The Morgan fingerprint density at radius 3 is 3.00 bits per heavy atom. The van der Waals surface area contributed by atoms with Crippen LogP contribution in [0.25, 0.3) is 0 Å². The Morgan fingerprint density at radius 2 is 2.31 bits per heavy atom. The summed E-state index contributed by atoms with van der Waals surface area (Å²) in [6.07, 6.45) is 0. The number of rotatable bonds is 2. The standard InChI is InChI=1S/C10H11NS2/c1-2-11-8-5-3-4-6-9(8)13-10(11)7-12/h3-7,10H,2H2,1H3. The number of thiocarbonyl (C=S) groups is 1. The molecule has 1 aromatic carbocycles. The number of fused-ring (bicyclic) bond motifs is 1. The molecule has 0 amide bonds. The van der Waals surface area contributed by atoms with Crippen LogP contribution in [-0.2, 0) is 0 Å². The maximum absolute atomic E-state index is 5.01. The van der Waals surface area contributed by atoms with Gasteiger partial charge in [-0.1, -0.05) is 36.1 Å². The van der Waals surface area contributed by atoms with Crippen molar-refractivity contribution < 1.29 is 0 Å². The molecule has 0 radical (unpaired) electrons. The number of hydrogen-bond acceptors (Lipinski definition) is 3. The van der Waals surface area contributed by atoms with Crippen LogP contribution in [-0.4, -0.2) is 17.3 Å². The molecule has 0 spiro atoms. The lowest BCUT2D eigenvalue weighted by atomic mass is 10.3. The normalized spacial score (nSPS) is 20.1. The highest BCUT2D eigenvalue weighted by Gasteiger charge is 2.26. The Morgan fingerprint density at radius 1 is 1.54 bits per heavy atom. The molecule has 1 aromatic rings. The molecule has 0 fully saturated rings. The fourth-order valence-corrected chi connectivity index (χ4v) is 3.06. The molecule has 0 saturated heterocycles. The molecule has 1 atom stereocenters. The first-order chi connectivity index (χ1) is 6.36. The summed E-state index contributed by atoms with van der Waals surface area (Å²) in [6, 6.07) is 8.46. The minimum absolute atomic E-state index is 0.345. The Bertz CT molecular complexity index is 324. The van der Waals surface area contributed by atoms with Crippen molar-refractivity contribution in [2.75, 3.05) is 11.4 Å². The van der Waals surface area contributed by atoms with Crippen molar-refractivity contribution in [2.45, 2.75) is 17.2 Å². The predicted octanol–water partition coefficient (Wildman–Crippen LogP) is 2.94. The van der Waals surface area contributed by atoms with E-state index in [-0.39, 0.29) is 0 Å². The van der Waals surface area contributed by atoms with E-state index in [0.29, 0.717) is 5.37 Å². The van der Waals surface area contributed by atoms with E-state index in [0.717, 1.165) is 6.54 Å². The van der Waals surface area contributed by atoms with E-state index in [9.17, 15) is 0 Å². The molecule has 0 aliphatic carbocycles. The van der Waals surface area contributed by atoms with Gasteiger partial charge in [-0.3, -0.25) is 0 Å². The van der Waals surface area contributed by atoms with Crippen LogP contribution in [0, 0.1) is 0 Å². The van der Waals surface area contributed by atoms with Crippen molar-refractivity contribution in [3.63, 3.8) is 0 Å². The molecular formula is C10H11NS2. The molecule has 1 aliphatic heterocycles. The Hall–Kier alpha value is -0.540. The molecule has 3 heteroatoms. The van der Waals surface area contributed by atoms with Gasteiger partial charge in [0.2, 0.25) is 0 Å². The molecule has 68 valence electrons. The van der Waals surface area contributed by atoms with Gasteiger partial charge in [0.05, 0.1) is 5.69 Å². The van der Waals surface area contributed by atoms with Gasteiger partial charge in [0.25, 0.3) is 0 Å². The summed E-state index contributed by atoms with van der Waals surface area (Å²) in [5.74, 6) is 0. The molecule has 1 heterocycles. The highest BCUT2D eigenvalue weighted by atomic mass is 32.2. The van der Waals surface area contributed by atoms with Crippen LogP contribution >= 0.6 is 24.0 Å². The summed E-state index contributed by atoms with van der Waals surface area (Å²) < 4.78 is 0. The Balaban J connectivity index is 2.39. The van der Waals surface area contributed by atoms with Gasteiger partial charge in [0.15, 0.2) is 0 Å². The van der Waals surface area contributed by atoms with E-state index in [4.69, 9.17) is 12.2 Å². The van der Waals surface area contributed by atoms with E-state index in [1.165, 1.54) is 10.6 Å². The van der Waals surface area contributed by atoms with Crippen LogP contribution in [0.5, 0.6) is 0 Å². The Kier molecular flexibility index (Phi) is 2.56. The first-order valence-corrected chi connectivity index (χ1v) is 5.69. The molecule has 0 aromatic heterocycles. The molecule has 0 bridgehead atoms. The summed E-state index contributed by atoms with van der Waals surface area (Å²) in [5.41, 5.74) is 1.32. The fourth-order valence-electron chi connectivity index (χ4n) is 1.58. The molecule has 13 heavy (non-hydrogen) atoms. The SMILES string of the molecule is CCN1c2ccccc2SC1C=S. The van der Waals surface area contributed by atoms with Crippen molar-refractivity contribution in [2.24, 2.45) is 0 Å². The summed E-state index contributed by atoms with van der Waals surface area (Å²) in [7, 11) is 0. The second-order valence-corrected chi connectivity index (χ2v) is 4.33. The smallest absolute Gasteiger partial charge is 0.108 e. The van der Waals surface area contributed by atoms with Crippen LogP contribution in [0.15, 0.2) is 29.2 Å². The van der Waals surface area contributed by atoms with Crippen molar-refractivity contribution in [3.05, 3.63) is 24.3 Å². The lowest BCUT2D eigenvalue weighted by Gasteiger charge is -2.21. The molecule has 1 unspecified atom stereocenters. The highest BCUT2D eigenvalue weighted by Crippen LogP contribution is 2.42. The fraction of sp³-hybridized carbons (Fsp3) is 0.300. The number of para-hydroxylation sites is 1. The largest absolute Gasteiger partial charge is 0.354 e. The molecule has 0 saturated carbocycles. The van der Waals surface area contributed by atoms with E-state index in [2.05, 4.69) is 36.1 Å². The summed E-state index contributed by atoms with van der Waals surface area (Å²) in [6.45, 7) is 3.18. The van der Waals surface area contributed by atoms with Gasteiger partial charge in [0.1, 0.15) is 5.37 Å². The van der Waals surface area contributed by atoms with Crippen LogP contribution in [0.2, 0.25) is 0 Å². The minimum atomic E-state index is 0.345. The second-order valence-electron chi connectivity index (χ2n) is 2.90. The topological polar surface area (TPSA) is 3.24 Å². The van der Waals surface area contributed by atoms with Crippen molar-refractivity contribution in [1.29, 1.82) is 0 Å².